The lowest BCUT2D eigenvalue weighted by molar-refractivity contribution is 1.50. The van der Waals surface area contributed by atoms with Crippen molar-refractivity contribution in [1.82, 2.24) is 0 Å². The molecule has 0 bridgehead atoms. The summed E-state index contributed by atoms with van der Waals surface area (Å²) in [5.41, 5.74) is 0. The maximum atomic E-state index is 4.60. The van der Waals surface area contributed by atoms with E-state index in [1.807, 2.05) is 13.8 Å². The molecule has 0 aliphatic rings. The van der Waals surface area contributed by atoms with Crippen LogP contribution in [0, 0.1) is 12.3 Å². The molecule has 0 N–H and O–H groups in total. The van der Waals surface area contributed by atoms with Crippen LogP contribution in [0.3, 0.4) is 0 Å². The summed E-state index contributed by atoms with van der Waals surface area (Å²) in [4.78, 5) is 0. The zero-order chi connectivity index (χ0) is 8.71. The molecule has 0 rings (SSSR count). The van der Waals surface area contributed by atoms with Crippen molar-refractivity contribution in [2.45, 2.75) is 20.8 Å². The number of rotatable bonds is 0. The summed E-state index contributed by atoms with van der Waals surface area (Å²) in [5.74, 6) is 2.25. The van der Waals surface area contributed by atoms with E-state index in [0.717, 1.165) is 0 Å². The van der Waals surface area contributed by atoms with Crippen LogP contribution < -0.4 is 0 Å². The Kier molecular flexibility index (Phi) is 435000. The van der Waals surface area contributed by atoms with Crippen LogP contribution in [0.25, 0.3) is 0 Å². The zero-order valence-electron chi connectivity index (χ0n) is 6.91. The molecule has 0 amide bonds. The standard InChI is InChI=1S/C3H4.C2H6.2C2H4/c1-3-2;3*1-2/h1H,2H3;1-2H3;2*1-2H2. The van der Waals surface area contributed by atoms with Gasteiger partial charge >= 0.3 is 0 Å². The summed E-state index contributed by atoms with van der Waals surface area (Å²) < 4.78 is 0. The van der Waals surface area contributed by atoms with Crippen LogP contribution in [-0.4, -0.2) is 0 Å². The first-order valence-electron chi connectivity index (χ1n) is 2.79. The second-order valence-electron chi connectivity index (χ2n) is 0.289. The number of terminal acetylenes is 1. The van der Waals surface area contributed by atoms with Gasteiger partial charge in [-0.1, -0.05) is 13.8 Å². The smallest absolute Gasteiger partial charge is 0.00297 e. The molecule has 0 aromatic rings. The van der Waals surface area contributed by atoms with Crippen molar-refractivity contribution in [1.29, 1.82) is 0 Å². The summed E-state index contributed by atoms with van der Waals surface area (Å²) >= 11 is 0. The Morgan fingerprint density at radius 2 is 1.00 bits per heavy atom. The maximum absolute atomic E-state index is 4.60. The highest BCUT2D eigenvalue weighted by Crippen LogP contribution is 1.21. The normalized spacial score (nSPS) is 2.44. The average Bonchev–Trinajstić information content (AvgIpc) is 2.01. The molecular weight excluding hydrogens is 108 g/mol. The fourth-order valence-corrected chi connectivity index (χ4v) is 0. The molecular formula is C9H18. The highest BCUT2D eigenvalue weighted by Gasteiger charge is 1.09. The Hall–Kier alpha value is -0.960. The van der Waals surface area contributed by atoms with Crippen LogP contribution in [0.4, 0.5) is 0 Å². The molecule has 0 saturated heterocycles. The zero-order valence-corrected chi connectivity index (χ0v) is 6.91. The minimum Gasteiger partial charge on any atom is -0.120 e. The van der Waals surface area contributed by atoms with Crippen LogP contribution in [0.2, 0.25) is 0 Å². The van der Waals surface area contributed by atoms with Crippen molar-refractivity contribution in [2.24, 2.45) is 0 Å². The molecule has 9 heavy (non-hydrogen) atoms. The van der Waals surface area contributed by atoms with Crippen LogP contribution in [-0.2, 0) is 0 Å². The lowest BCUT2D eigenvalue weighted by atomic mass is 10.9. The molecule has 54 valence electrons. The van der Waals surface area contributed by atoms with Gasteiger partial charge in [0.15, 0.2) is 0 Å². The van der Waals surface area contributed by atoms with Gasteiger partial charge in [0, 0.05) is 0 Å². The van der Waals surface area contributed by atoms with Crippen LogP contribution >= 0.6 is 0 Å². The third kappa shape index (κ3) is 194. The highest BCUT2D eigenvalue weighted by atomic mass is 13.2. The fraction of sp³-hybridized carbons (Fsp3) is 0.333. The Bertz CT molecular complexity index is 36.5. The monoisotopic (exact) mass is 126 g/mol. The number of hydrogen-bond donors (Lipinski definition) is 0. The predicted molar refractivity (Wildman–Crippen MR) is 48.4 cm³/mol. The Labute approximate surface area is 60.3 Å². The van der Waals surface area contributed by atoms with Gasteiger partial charge < -0.3 is 0 Å². The SMILES string of the molecule is C#CC.C=C.C=C.CC. The molecule has 0 aliphatic carbocycles. The predicted octanol–water partition coefficient (Wildman–Crippen LogP) is 3.27. The molecule has 0 atom stereocenters. The summed E-state index contributed by atoms with van der Waals surface area (Å²) in [6, 6.07) is 0. The van der Waals surface area contributed by atoms with E-state index in [0.29, 0.717) is 0 Å². The van der Waals surface area contributed by atoms with Crippen molar-refractivity contribution < 1.29 is 0 Å². The first-order chi connectivity index (χ1) is 4.41. The highest BCUT2D eigenvalue weighted by molar-refractivity contribution is 4.73. The van der Waals surface area contributed by atoms with Crippen molar-refractivity contribution in [2.75, 3.05) is 0 Å². The lowest BCUT2D eigenvalue weighted by Crippen LogP contribution is -1.10. The summed E-state index contributed by atoms with van der Waals surface area (Å²) in [6.07, 6.45) is 4.60. The van der Waals surface area contributed by atoms with Gasteiger partial charge in [-0.25, -0.2) is 0 Å². The van der Waals surface area contributed by atoms with E-state index >= 15 is 0 Å². The van der Waals surface area contributed by atoms with E-state index < -0.39 is 0 Å². The van der Waals surface area contributed by atoms with E-state index in [2.05, 4.69) is 38.7 Å². The topological polar surface area (TPSA) is 0 Å². The minimum absolute atomic E-state index is 1.65. The molecule has 0 heteroatoms. The third-order valence-electron chi connectivity index (χ3n) is 0. The second kappa shape index (κ2) is 161000. The van der Waals surface area contributed by atoms with Gasteiger partial charge in [-0.2, -0.15) is 0 Å². The van der Waals surface area contributed by atoms with E-state index in [4.69, 9.17) is 0 Å². The first kappa shape index (κ1) is 24.4. The molecule has 0 fully saturated rings. The Balaban J connectivity index is -0.0000000190. The van der Waals surface area contributed by atoms with Crippen LogP contribution in [0.15, 0.2) is 26.3 Å². The Morgan fingerprint density at radius 1 is 1.00 bits per heavy atom. The minimum atomic E-state index is 1.65. The summed E-state index contributed by atoms with van der Waals surface area (Å²) in [5, 5.41) is 0. The largest absolute Gasteiger partial charge is 0.120 e. The second-order valence-corrected chi connectivity index (χ2v) is 0.289. The molecule has 0 heterocycles. The summed E-state index contributed by atoms with van der Waals surface area (Å²) in [6.45, 7) is 17.7. The quantitative estimate of drug-likeness (QED) is 0.345. The van der Waals surface area contributed by atoms with Gasteiger partial charge in [0.2, 0.25) is 0 Å². The Morgan fingerprint density at radius 3 is 1.00 bits per heavy atom. The van der Waals surface area contributed by atoms with Gasteiger partial charge in [0.05, 0.1) is 0 Å². The molecule has 0 radical (unpaired) electrons. The van der Waals surface area contributed by atoms with E-state index in [-0.39, 0.29) is 0 Å². The molecule has 0 nitrogen and oxygen atoms in total. The summed E-state index contributed by atoms with van der Waals surface area (Å²) in [7, 11) is 0. The van der Waals surface area contributed by atoms with Gasteiger partial charge in [0.25, 0.3) is 0 Å². The maximum Gasteiger partial charge on any atom is -0.00297 e. The van der Waals surface area contributed by atoms with E-state index in [9.17, 15) is 0 Å². The van der Waals surface area contributed by atoms with Crippen molar-refractivity contribution in [3.63, 3.8) is 0 Å². The van der Waals surface area contributed by atoms with E-state index in [1.54, 1.807) is 6.92 Å². The van der Waals surface area contributed by atoms with Gasteiger partial charge in [-0.15, -0.1) is 38.7 Å². The van der Waals surface area contributed by atoms with Crippen molar-refractivity contribution in [3.8, 4) is 12.3 Å². The molecule has 0 spiro atoms. The van der Waals surface area contributed by atoms with Crippen LogP contribution in [0.5, 0.6) is 0 Å². The fourth-order valence-electron chi connectivity index (χ4n) is 0. The number of hydrogen-bond acceptors (Lipinski definition) is 0. The lowest BCUT2D eigenvalue weighted by Gasteiger charge is -1.23. The third-order valence-corrected chi connectivity index (χ3v) is 0. The molecule has 0 aliphatic heterocycles. The van der Waals surface area contributed by atoms with Crippen LogP contribution in [0.1, 0.15) is 20.8 Å². The van der Waals surface area contributed by atoms with Gasteiger partial charge in [-0.05, 0) is 6.92 Å². The van der Waals surface area contributed by atoms with Gasteiger partial charge in [0.1, 0.15) is 0 Å². The molecule has 0 aromatic heterocycles. The molecule has 0 aromatic carbocycles. The molecule has 0 unspecified atom stereocenters. The van der Waals surface area contributed by atoms with E-state index in [1.165, 1.54) is 0 Å². The van der Waals surface area contributed by atoms with Crippen molar-refractivity contribution in [3.05, 3.63) is 26.3 Å². The van der Waals surface area contributed by atoms with Crippen molar-refractivity contribution >= 4 is 0 Å². The average molecular weight is 126 g/mol. The molecule has 0 saturated carbocycles. The van der Waals surface area contributed by atoms with Gasteiger partial charge in [-0.3, -0.25) is 0 Å². The first-order valence-corrected chi connectivity index (χ1v) is 2.79.